The van der Waals surface area contributed by atoms with E-state index < -0.39 is 12.2 Å². The van der Waals surface area contributed by atoms with Gasteiger partial charge in [-0.15, -0.1) is 0 Å². The number of ether oxygens (including phenoxy) is 1. The van der Waals surface area contributed by atoms with E-state index in [1.54, 1.807) is 18.2 Å². The van der Waals surface area contributed by atoms with Crippen LogP contribution in [0.3, 0.4) is 0 Å². The first-order valence-electron chi connectivity index (χ1n) is 17.3. The summed E-state index contributed by atoms with van der Waals surface area (Å²) in [5.74, 6) is 1.21. The quantitative estimate of drug-likeness (QED) is 0.232. The third kappa shape index (κ3) is 5.94. The molecule has 3 aliphatic heterocycles. The van der Waals surface area contributed by atoms with Gasteiger partial charge in [0.2, 0.25) is 0 Å². The van der Waals surface area contributed by atoms with Crippen LogP contribution in [0.2, 0.25) is 0 Å². The van der Waals surface area contributed by atoms with E-state index in [0.29, 0.717) is 37.0 Å². The lowest BCUT2D eigenvalue weighted by Crippen LogP contribution is -2.42. The van der Waals surface area contributed by atoms with Crippen molar-refractivity contribution in [2.75, 3.05) is 13.3 Å². The normalized spacial score (nSPS) is 26.6. The SMILES string of the molecule is CCC[C@H](O)C[C@@H](O)CC(=O)CCc1ccc(O)c(OCN2C=C3N=CC([C@]45CCC[C@H]4C[C@@H]4C=N[C@@H](N)c6cccc5c64)=C3C2)c1. The summed E-state index contributed by atoms with van der Waals surface area (Å²) in [5, 5.41) is 30.7. The topological polar surface area (TPSA) is 141 Å². The largest absolute Gasteiger partial charge is 0.504 e. The molecule has 0 unspecified atom stereocenters. The van der Waals surface area contributed by atoms with Crippen molar-refractivity contribution in [1.29, 1.82) is 0 Å². The van der Waals surface area contributed by atoms with Crippen molar-refractivity contribution in [1.82, 2.24) is 4.90 Å². The molecule has 0 saturated heterocycles. The van der Waals surface area contributed by atoms with E-state index in [4.69, 9.17) is 15.5 Å². The summed E-state index contributed by atoms with van der Waals surface area (Å²) in [4.78, 5) is 24.1. The summed E-state index contributed by atoms with van der Waals surface area (Å²) in [7, 11) is 0. The van der Waals surface area contributed by atoms with Gasteiger partial charge < -0.3 is 30.7 Å². The van der Waals surface area contributed by atoms with Gasteiger partial charge in [0, 0.05) is 54.9 Å². The Balaban J connectivity index is 1.02. The molecular weight excluding hydrogens is 592 g/mol. The van der Waals surface area contributed by atoms with Crippen LogP contribution in [0.1, 0.15) is 99.0 Å². The molecule has 5 N–H and O–H groups in total. The molecule has 9 heteroatoms. The molecule has 6 atom stereocenters. The molecule has 7 rings (SSSR count). The van der Waals surface area contributed by atoms with Crippen LogP contribution >= 0.6 is 0 Å². The second-order valence-electron chi connectivity index (χ2n) is 14.0. The van der Waals surface area contributed by atoms with Gasteiger partial charge >= 0.3 is 0 Å². The Bertz CT molecular complexity index is 1660. The predicted octanol–water partition coefficient (Wildman–Crippen LogP) is 5.34. The summed E-state index contributed by atoms with van der Waals surface area (Å²) in [6.45, 7) is 2.91. The number of rotatable bonds is 13. The summed E-state index contributed by atoms with van der Waals surface area (Å²) < 4.78 is 6.13. The van der Waals surface area contributed by atoms with Crippen LogP contribution in [0.5, 0.6) is 11.5 Å². The molecule has 1 fully saturated rings. The van der Waals surface area contributed by atoms with Crippen LogP contribution in [0.15, 0.2) is 69.4 Å². The number of Topliss-reactive ketones (excluding diaryl/α,β-unsaturated/α-hetero) is 1. The third-order valence-corrected chi connectivity index (χ3v) is 10.9. The maximum atomic E-state index is 12.5. The van der Waals surface area contributed by atoms with E-state index >= 15 is 0 Å². The van der Waals surface area contributed by atoms with Gasteiger partial charge in [0.1, 0.15) is 11.9 Å². The van der Waals surface area contributed by atoms with Crippen LogP contribution in [0.25, 0.3) is 0 Å². The minimum Gasteiger partial charge on any atom is -0.504 e. The Labute approximate surface area is 276 Å². The highest BCUT2D eigenvalue weighted by Crippen LogP contribution is 2.61. The lowest BCUT2D eigenvalue weighted by Gasteiger charge is -2.46. The maximum Gasteiger partial charge on any atom is 0.163 e. The van der Waals surface area contributed by atoms with Crippen LogP contribution in [0.4, 0.5) is 0 Å². The maximum absolute atomic E-state index is 12.5. The van der Waals surface area contributed by atoms with E-state index in [9.17, 15) is 20.1 Å². The molecule has 47 heavy (non-hydrogen) atoms. The second kappa shape index (κ2) is 13.0. The molecule has 0 aromatic heterocycles. The standard InChI is InChI=1S/C38H46N4O5/c1-2-5-26(43)16-28(45)17-27(44)11-9-23-10-12-34(46)35(14-23)47-22-42-20-30-32(19-40-33(30)21-42)38-13-4-6-25(38)15-24-18-41-37(39)29-7-3-8-31(38)36(24)29/h3,7-8,10,12,14,18-19,21,24-26,28,37,43,45-46H,2,4-6,9,11,13,15-17,20,22,39H2,1H3/t24-,25+,26+,28-,37-,38-/m1/s1. The van der Waals surface area contributed by atoms with E-state index in [1.165, 1.54) is 35.1 Å². The number of aliphatic hydroxyl groups is 2. The first-order chi connectivity index (χ1) is 22.8. The Morgan fingerprint density at radius 2 is 2.09 bits per heavy atom. The fourth-order valence-electron chi connectivity index (χ4n) is 8.81. The molecule has 0 bridgehead atoms. The number of hydrogen-bond donors (Lipinski definition) is 4. The van der Waals surface area contributed by atoms with Gasteiger partial charge in [-0.1, -0.05) is 44.0 Å². The molecule has 0 amide bonds. The lowest BCUT2D eigenvalue weighted by molar-refractivity contribution is -0.121. The monoisotopic (exact) mass is 638 g/mol. The van der Waals surface area contributed by atoms with Gasteiger partial charge in [-0.3, -0.25) is 14.8 Å². The minimum absolute atomic E-state index is 0.0311. The smallest absolute Gasteiger partial charge is 0.163 e. The Kier molecular flexibility index (Phi) is 8.80. The van der Waals surface area contributed by atoms with Crippen molar-refractivity contribution in [3.05, 3.63) is 81.7 Å². The molecule has 3 heterocycles. The summed E-state index contributed by atoms with van der Waals surface area (Å²) in [6, 6.07) is 11.8. The molecular formula is C38H46N4O5. The van der Waals surface area contributed by atoms with Crippen molar-refractivity contribution in [2.24, 2.45) is 21.6 Å². The second-order valence-corrected chi connectivity index (χ2v) is 14.0. The predicted molar refractivity (Wildman–Crippen MR) is 182 cm³/mol. The fourth-order valence-corrected chi connectivity index (χ4v) is 8.81. The first kappa shape index (κ1) is 31.8. The molecule has 248 valence electrons. The van der Waals surface area contributed by atoms with Gasteiger partial charge in [-0.25, -0.2) is 0 Å². The Hall–Kier alpha value is -3.79. The zero-order chi connectivity index (χ0) is 32.7. The fraction of sp³-hybridized carbons (Fsp3) is 0.500. The van der Waals surface area contributed by atoms with Crippen molar-refractivity contribution in [2.45, 2.75) is 101 Å². The minimum atomic E-state index is -0.836. The van der Waals surface area contributed by atoms with Gasteiger partial charge in [-0.05, 0) is 84.4 Å². The zero-order valence-corrected chi connectivity index (χ0v) is 27.1. The van der Waals surface area contributed by atoms with Crippen LogP contribution in [-0.4, -0.2) is 63.9 Å². The van der Waals surface area contributed by atoms with E-state index in [0.717, 1.165) is 36.1 Å². The van der Waals surface area contributed by atoms with Gasteiger partial charge in [-0.2, -0.15) is 0 Å². The molecule has 1 saturated carbocycles. The van der Waals surface area contributed by atoms with Crippen molar-refractivity contribution >= 4 is 18.2 Å². The summed E-state index contributed by atoms with van der Waals surface area (Å²) in [5.41, 5.74) is 14.8. The van der Waals surface area contributed by atoms with Gasteiger partial charge in [0.25, 0.3) is 0 Å². The number of carbonyl (C=O) groups is 1. The number of hydrogen-bond acceptors (Lipinski definition) is 9. The number of allylic oxidation sites excluding steroid dienone is 1. The van der Waals surface area contributed by atoms with E-state index in [1.807, 2.05) is 6.92 Å². The average molecular weight is 639 g/mol. The average Bonchev–Trinajstić information content (AvgIpc) is 3.77. The number of aryl methyl sites for hydroxylation is 1. The lowest BCUT2D eigenvalue weighted by atomic mass is 9.57. The highest BCUT2D eigenvalue weighted by Gasteiger charge is 2.54. The number of nitrogens with two attached hydrogens (primary N) is 1. The number of carbonyl (C=O) groups excluding carboxylic acids is 1. The van der Waals surface area contributed by atoms with Crippen LogP contribution in [0, 0.1) is 5.92 Å². The highest BCUT2D eigenvalue weighted by atomic mass is 16.5. The zero-order valence-electron chi connectivity index (χ0n) is 27.1. The van der Waals surface area contributed by atoms with Crippen LogP contribution < -0.4 is 10.5 Å². The third-order valence-electron chi connectivity index (χ3n) is 10.9. The molecule has 0 spiro atoms. The molecule has 2 aromatic rings. The highest BCUT2D eigenvalue weighted by molar-refractivity contribution is 5.91. The van der Waals surface area contributed by atoms with Crippen molar-refractivity contribution in [3.8, 4) is 11.5 Å². The van der Waals surface area contributed by atoms with E-state index in [2.05, 4.69) is 46.7 Å². The number of ketones is 1. The summed E-state index contributed by atoms with van der Waals surface area (Å²) in [6.07, 6.45) is 11.5. The molecule has 2 aliphatic carbocycles. The Morgan fingerprint density at radius 3 is 2.94 bits per heavy atom. The van der Waals surface area contributed by atoms with Crippen LogP contribution in [-0.2, 0) is 16.6 Å². The number of aliphatic hydroxyl groups excluding tert-OH is 2. The number of phenols is 1. The van der Waals surface area contributed by atoms with E-state index in [-0.39, 0.29) is 49.1 Å². The number of aromatic hydroxyl groups is 1. The Morgan fingerprint density at radius 1 is 1.21 bits per heavy atom. The summed E-state index contributed by atoms with van der Waals surface area (Å²) >= 11 is 0. The number of aliphatic imine (C=N–C) groups is 2. The first-order valence-corrected chi connectivity index (χ1v) is 17.3. The van der Waals surface area contributed by atoms with Gasteiger partial charge in [0.15, 0.2) is 18.2 Å². The number of fused-ring (bicyclic) bond motifs is 3. The van der Waals surface area contributed by atoms with Gasteiger partial charge in [0.05, 0.1) is 17.9 Å². The molecule has 5 aliphatic rings. The number of nitrogens with zero attached hydrogens (tertiary/aromatic N) is 3. The van der Waals surface area contributed by atoms with Crippen molar-refractivity contribution < 1.29 is 24.9 Å². The van der Waals surface area contributed by atoms with Crippen molar-refractivity contribution in [3.63, 3.8) is 0 Å². The molecule has 9 nitrogen and oxygen atoms in total. The molecule has 2 aromatic carbocycles. The number of phenolic OH excluding ortho intramolecular Hbond substituents is 1. The number of benzene rings is 2. The molecule has 0 radical (unpaired) electrons.